The number of ether oxygens (including phenoxy) is 2. The maximum atomic E-state index is 11.1. The van der Waals surface area contributed by atoms with Crippen molar-refractivity contribution >= 4 is 17.6 Å². The zero-order chi connectivity index (χ0) is 16.5. The number of terminal acetylenes is 1. The van der Waals surface area contributed by atoms with Crippen LogP contribution in [0, 0.1) is 12.3 Å². The van der Waals surface area contributed by atoms with Gasteiger partial charge >= 0.3 is 5.97 Å². The van der Waals surface area contributed by atoms with E-state index in [2.05, 4.69) is 5.92 Å². The molecule has 1 aliphatic heterocycles. The van der Waals surface area contributed by atoms with Crippen molar-refractivity contribution in [2.45, 2.75) is 62.9 Å². The number of hydrogen-bond acceptors (Lipinski definition) is 4. The van der Waals surface area contributed by atoms with Crippen LogP contribution in [0.2, 0.25) is 0 Å². The third-order valence-corrected chi connectivity index (χ3v) is 3.86. The lowest BCUT2D eigenvalue weighted by atomic mass is 9.99. The molecule has 1 aliphatic rings. The maximum absolute atomic E-state index is 11.1. The van der Waals surface area contributed by atoms with Crippen molar-refractivity contribution in [3.8, 4) is 12.3 Å². The van der Waals surface area contributed by atoms with Gasteiger partial charge in [-0.1, -0.05) is 25.0 Å². The minimum Gasteiger partial charge on any atom is -0.456 e. The van der Waals surface area contributed by atoms with Gasteiger partial charge in [-0.3, -0.25) is 4.79 Å². The highest BCUT2D eigenvalue weighted by atomic mass is 35.5. The molecule has 4 nitrogen and oxygen atoms in total. The summed E-state index contributed by atoms with van der Waals surface area (Å²) in [6.45, 7) is 3.31. The van der Waals surface area contributed by atoms with Crippen molar-refractivity contribution in [2.24, 2.45) is 0 Å². The molecule has 0 aromatic heterocycles. The summed E-state index contributed by atoms with van der Waals surface area (Å²) in [5, 5.41) is 9.93. The SMILES string of the molecule is C#CC=CCC(Cl)C1CC(O)C(OC(C)=O)C=CC(CC)O1. The zero-order valence-corrected chi connectivity index (χ0v) is 13.7. The molecule has 22 heavy (non-hydrogen) atoms. The van der Waals surface area contributed by atoms with Crippen LogP contribution < -0.4 is 0 Å². The number of esters is 1. The lowest BCUT2D eigenvalue weighted by Crippen LogP contribution is -2.40. The highest BCUT2D eigenvalue weighted by Crippen LogP contribution is 2.24. The van der Waals surface area contributed by atoms with E-state index in [1.54, 1.807) is 18.2 Å². The van der Waals surface area contributed by atoms with Crippen LogP contribution >= 0.6 is 11.6 Å². The largest absolute Gasteiger partial charge is 0.456 e. The summed E-state index contributed by atoms with van der Waals surface area (Å²) >= 11 is 6.37. The lowest BCUT2D eigenvalue weighted by molar-refractivity contribution is -0.151. The molecule has 0 aromatic carbocycles. The van der Waals surface area contributed by atoms with E-state index in [4.69, 9.17) is 27.5 Å². The van der Waals surface area contributed by atoms with E-state index in [1.165, 1.54) is 6.92 Å². The van der Waals surface area contributed by atoms with Crippen LogP contribution in [-0.2, 0) is 14.3 Å². The number of carbonyl (C=O) groups is 1. The standard InChI is InChI=1S/C17H23ClO4/c1-4-6-7-8-14(18)17-11-15(20)16(21-12(3)19)10-9-13(5-2)22-17/h1,6-7,9-10,13-17,20H,5,8,11H2,2-3H3. The van der Waals surface area contributed by atoms with Gasteiger partial charge in [-0.05, 0) is 25.0 Å². The fourth-order valence-corrected chi connectivity index (χ4v) is 2.52. The Morgan fingerprint density at radius 2 is 2.36 bits per heavy atom. The summed E-state index contributed by atoms with van der Waals surface area (Å²) in [7, 11) is 0. The van der Waals surface area contributed by atoms with Crippen LogP contribution in [0.15, 0.2) is 24.3 Å². The molecule has 1 N–H and O–H groups in total. The van der Waals surface area contributed by atoms with Crippen LogP contribution in [0.3, 0.4) is 0 Å². The van der Waals surface area contributed by atoms with E-state index in [-0.39, 0.29) is 24.0 Å². The number of alkyl halides is 1. The molecule has 122 valence electrons. The number of rotatable bonds is 5. The zero-order valence-electron chi connectivity index (χ0n) is 12.9. The summed E-state index contributed by atoms with van der Waals surface area (Å²) in [5.41, 5.74) is 0. The van der Waals surface area contributed by atoms with Gasteiger partial charge in [0.05, 0.1) is 23.7 Å². The fourth-order valence-electron chi connectivity index (χ4n) is 2.25. The minimum absolute atomic E-state index is 0.131. The van der Waals surface area contributed by atoms with Crippen LogP contribution in [0.4, 0.5) is 0 Å². The molecule has 5 atom stereocenters. The second kappa shape index (κ2) is 9.68. The van der Waals surface area contributed by atoms with Gasteiger partial charge in [-0.25, -0.2) is 0 Å². The Morgan fingerprint density at radius 3 is 2.95 bits per heavy atom. The predicted molar refractivity (Wildman–Crippen MR) is 86.5 cm³/mol. The van der Waals surface area contributed by atoms with Crippen LogP contribution in [-0.4, -0.2) is 40.9 Å². The molecule has 0 bridgehead atoms. The van der Waals surface area contributed by atoms with Crippen LogP contribution in [0.5, 0.6) is 0 Å². The topological polar surface area (TPSA) is 55.8 Å². The van der Waals surface area contributed by atoms with E-state index >= 15 is 0 Å². The second-order valence-corrected chi connectivity index (χ2v) is 5.76. The van der Waals surface area contributed by atoms with E-state index in [9.17, 15) is 9.90 Å². The van der Waals surface area contributed by atoms with E-state index in [0.717, 1.165) is 6.42 Å². The highest BCUT2D eigenvalue weighted by Gasteiger charge is 2.31. The Kier molecular flexibility index (Phi) is 8.26. The highest BCUT2D eigenvalue weighted by molar-refractivity contribution is 6.21. The van der Waals surface area contributed by atoms with Crippen LogP contribution in [0.25, 0.3) is 0 Å². The molecule has 0 spiro atoms. The van der Waals surface area contributed by atoms with Crippen molar-refractivity contribution in [3.63, 3.8) is 0 Å². The summed E-state index contributed by atoms with van der Waals surface area (Å²) in [4.78, 5) is 11.1. The quantitative estimate of drug-likeness (QED) is 0.365. The number of aliphatic hydroxyl groups is 1. The first-order valence-electron chi connectivity index (χ1n) is 7.42. The number of allylic oxidation sites excluding steroid dienone is 2. The Labute approximate surface area is 137 Å². The third-order valence-electron chi connectivity index (χ3n) is 3.40. The average molecular weight is 327 g/mol. The Hall–Kier alpha value is -1.28. The maximum Gasteiger partial charge on any atom is 0.303 e. The monoisotopic (exact) mass is 326 g/mol. The van der Waals surface area contributed by atoms with E-state index in [0.29, 0.717) is 6.42 Å². The van der Waals surface area contributed by atoms with Crippen molar-refractivity contribution in [1.29, 1.82) is 0 Å². The first-order chi connectivity index (χ1) is 10.5. The van der Waals surface area contributed by atoms with Gasteiger partial charge in [0.25, 0.3) is 0 Å². The van der Waals surface area contributed by atoms with Gasteiger partial charge in [0.1, 0.15) is 6.10 Å². The number of aliphatic hydroxyl groups excluding tert-OH is 1. The molecule has 0 radical (unpaired) electrons. The first-order valence-corrected chi connectivity index (χ1v) is 7.85. The number of halogens is 1. The van der Waals surface area contributed by atoms with Crippen molar-refractivity contribution in [2.75, 3.05) is 0 Å². The molecule has 0 fully saturated rings. The van der Waals surface area contributed by atoms with Crippen molar-refractivity contribution in [1.82, 2.24) is 0 Å². The minimum atomic E-state index is -0.860. The normalized spacial score (nSPS) is 30.3. The summed E-state index contributed by atoms with van der Waals surface area (Å²) in [6.07, 6.45) is 11.6. The Morgan fingerprint density at radius 1 is 1.64 bits per heavy atom. The molecule has 5 heteroatoms. The predicted octanol–water partition coefficient (Wildman–Crippen LogP) is 2.59. The molecule has 0 saturated carbocycles. The smallest absolute Gasteiger partial charge is 0.303 e. The number of carbonyl (C=O) groups excluding carboxylic acids is 1. The molecular formula is C17H23ClO4. The molecule has 0 aliphatic carbocycles. The van der Waals surface area contributed by atoms with Crippen molar-refractivity contribution in [3.05, 3.63) is 24.3 Å². The molecular weight excluding hydrogens is 304 g/mol. The van der Waals surface area contributed by atoms with Gasteiger partial charge in [0.2, 0.25) is 0 Å². The van der Waals surface area contributed by atoms with E-state index in [1.807, 2.05) is 13.0 Å². The average Bonchev–Trinajstić information content (AvgIpc) is 2.46. The lowest BCUT2D eigenvalue weighted by Gasteiger charge is -2.32. The van der Waals surface area contributed by atoms with E-state index < -0.39 is 18.2 Å². The third kappa shape index (κ3) is 6.23. The second-order valence-electron chi connectivity index (χ2n) is 5.20. The molecule has 0 amide bonds. The molecule has 5 unspecified atom stereocenters. The van der Waals surface area contributed by atoms with Gasteiger partial charge < -0.3 is 14.6 Å². The summed E-state index contributed by atoms with van der Waals surface area (Å²) in [5.74, 6) is 1.98. The Bertz CT molecular complexity index is 452. The molecule has 1 rings (SSSR count). The summed E-state index contributed by atoms with van der Waals surface area (Å²) in [6, 6.07) is 0. The van der Waals surface area contributed by atoms with Gasteiger partial charge in [0, 0.05) is 13.3 Å². The summed E-state index contributed by atoms with van der Waals surface area (Å²) < 4.78 is 11.1. The van der Waals surface area contributed by atoms with Crippen molar-refractivity contribution < 1.29 is 19.4 Å². The molecule has 1 heterocycles. The Balaban J connectivity index is 2.83. The molecule has 0 saturated heterocycles. The molecule has 0 aromatic rings. The van der Waals surface area contributed by atoms with Gasteiger partial charge in [-0.15, -0.1) is 18.0 Å². The first kappa shape index (κ1) is 18.8. The van der Waals surface area contributed by atoms with Gasteiger partial charge in [-0.2, -0.15) is 0 Å². The van der Waals surface area contributed by atoms with Crippen LogP contribution in [0.1, 0.15) is 33.1 Å². The van der Waals surface area contributed by atoms with Gasteiger partial charge in [0.15, 0.2) is 0 Å². The number of hydrogen-bond donors (Lipinski definition) is 1. The fraction of sp³-hybridized carbons (Fsp3) is 0.588.